The van der Waals surface area contributed by atoms with Crippen LogP contribution in [0.4, 0.5) is 8.78 Å². The molecule has 0 aromatic heterocycles. The van der Waals surface area contributed by atoms with E-state index < -0.39 is 17.2 Å². The third kappa shape index (κ3) is 3.22. The summed E-state index contributed by atoms with van der Waals surface area (Å²) >= 11 is 1.73. The first-order valence-electron chi connectivity index (χ1n) is 5.99. The van der Waals surface area contributed by atoms with Gasteiger partial charge in [-0.3, -0.25) is 0 Å². The Bertz CT molecular complexity index is 421. The molecule has 1 aliphatic heterocycles. The first-order valence-corrected chi connectivity index (χ1v) is 7.14. The largest absolute Gasteiger partial charge is 0.388 e. The Morgan fingerprint density at radius 3 is 2.83 bits per heavy atom. The van der Waals surface area contributed by atoms with Gasteiger partial charge >= 0.3 is 0 Å². The van der Waals surface area contributed by atoms with Crippen molar-refractivity contribution in [2.75, 3.05) is 18.1 Å². The lowest BCUT2D eigenvalue weighted by molar-refractivity contribution is 0.0651. The van der Waals surface area contributed by atoms with Gasteiger partial charge in [0.15, 0.2) is 11.6 Å². The molecule has 2 rings (SSSR count). The fourth-order valence-corrected chi connectivity index (χ4v) is 3.27. The molecule has 2 unspecified atom stereocenters. The first kappa shape index (κ1) is 13.8. The predicted molar refractivity (Wildman–Crippen MR) is 69.7 cm³/mol. The Kier molecular flexibility index (Phi) is 4.25. The molecule has 0 aliphatic carbocycles. The van der Waals surface area contributed by atoms with Crippen LogP contribution in [0.25, 0.3) is 0 Å². The maximum Gasteiger partial charge on any atom is 0.159 e. The summed E-state index contributed by atoms with van der Waals surface area (Å²) in [6, 6.07) is 3.77. The number of benzene rings is 1. The van der Waals surface area contributed by atoms with E-state index >= 15 is 0 Å². The summed E-state index contributed by atoms with van der Waals surface area (Å²) in [5, 5.41) is 13.3. The molecule has 5 heteroatoms. The summed E-state index contributed by atoms with van der Waals surface area (Å²) in [4.78, 5) is 0. The maximum atomic E-state index is 13.1. The van der Waals surface area contributed by atoms with E-state index in [0.29, 0.717) is 12.1 Å². The molecule has 0 amide bonds. The first-order chi connectivity index (χ1) is 8.50. The van der Waals surface area contributed by atoms with Crippen LogP contribution in [-0.2, 0) is 0 Å². The van der Waals surface area contributed by atoms with Gasteiger partial charge in [0.25, 0.3) is 0 Å². The van der Waals surface area contributed by atoms with E-state index in [1.807, 2.05) is 6.92 Å². The van der Waals surface area contributed by atoms with Crippen molar-refractivity contribution in [2.45, 2.75) is 25.0 Å². The number of hydrogen-bond donors (Lipinski definition) is 2. The lowest BCUT2D eigenvalue weighted by Gasteiger charge is -2.24. The second kappa shape index (κ2) is 5.55. The van der Waals surface area contributed by atoms with Gasteiger partial charge in [0, 0.05) is 18.3 Å². The average Bonchev–Trinajstić information content (AvgIpc) is 2.77. The summed E-state index contributed by atoms with van der Waals surface area (Å²) in [6.45, 7) is 2.35. The number of rotatable bonds is 4. The Morgan fingerprint density at radius 2 is 2.22 bits per heavy atom. The number of nitrogens with one attached hydrogen (secondary N) is 1. The highest BCUT2D eigenvalue weighted by Gasteiger charge is 2.31. The predicted octanol–water partition coefficient (Wildman–Crippen LogP) is 2.48. The lowest BCUT2D eigenvalue weighted by atomic mass is 10.0. The molecule has 1 aromatic rings. The summed E-state index contributed by atoms with van der Waals surface area (Å²) in [7, 11) is 0. The van der Waals surface area contributed by atoms with E-state index in [4.69, 9.17) is 0 Å². The van der Waals surface area contributed by atoms with Crippen molar-refractivity contribution in [2.24, 2.45) is 0 Å². The molecule has 0 radical (unpaired) electrons. The molecular formula is C13H17F2NOS. The zero-order chi connectivity index (χ0) is 13.2. The second-order valence-corrected chi connectivity index (χ2v) is 5.91. The van der Waals surface area contributed by atoms with Gasteiger partial charge in [-0.05, 0) is 36.8 Å². The van der Waals surface area contributed by atoms with Gasteiger partial charge in [-0.15, -0.1) is 0 Å². The van der Waals surface area contributed by atoms with Gasteiger partial charge in [0.05, 0.1) is 5.60 Å². The fraction of sp³-hybridized carbons (Fsp3) is 0.538. The smallest absolute Gasteiger partial charge is 0.159 e. The van der Waals surface area contributed by atoms with Gasteiger partial charge in [-0.1, -0.05) is 6.07 Å². The molecule has 100 valence electrons. The van der Waals surface area contributed by atoms with Crippen LogP contribution in [0.15, 0.2) is 18.2 Å². The van der Waals surface area contributed by atoms with Crippen molar-refractivity contribution in [1.82, 2.24) is 5.32 Å². The van der Waals surface area contributed by atoms with Crippen molar-refractivity contribution >= 4 is 11.8 Å². The summed E-state index contributed by atoms with van der Waals surface area (Å²) in [5.41, 5.74) is 0.0143. The third-order valence-corrected chi connectivity index (χ3v) is 4.50. The monoisotopic (exact) mass is 273 g/mol. The Hall–Kier alpha value is -0.650. The summed E-state index contributed by atoms with van der Waals surface area (Å²) in [6.07, 6.45) is 0.773. The highest BCUT2D eigenvalue weighted by Crippen LogP contribution is 2.27. The molecule has 0 bridgehead atoms. The third-order valence-electron chi connectivity index (χ3n) is 3.26. The van der Waals surface area contributed by atoms with Crippen LogP contribution in [0.3, 0.4) is 0 Å². The van der Waals surface area contributed by atoms with Gasteiger partial charge in [0.2, 0.25) is 0 Å². The zero-order valence-corrected chi connectivity index (χ0v) is 11.1. The average molecular weight is 273 g/mol. The Labute approximate surface area is 110 Å². The topological polar surface area (TPSA) is 32.3 Å². The normalized spacial score (nSPS) is 25.3. The molecule has 18 heavy (non-hydrogen) atoms. The minimum absolute atomic E-state index is 0.116. The zero-order valence-electron chi connectivity index (χ0n) is 10.2. The van der Waals surface area contributed by atoms with Gasteiger partial charge in [-0.2, -0.15) is 11.8 Å². The summed E-state index contributed by atoms with van der Waals surface area (Å²) < 4.78 is 25.9. The van der Waals surface area contributed by atoms with Gasteiger partial charge in [-0.25, -0.2) is 8.78 Å². The molecule has 2 atom stereocenters. The van der Waals surface area contributed by atoms with Crippen LogP contribution in [0, 0.1) is 11.6 Å². The molecular weight excluding hydrogens is 256 g/mol. The Morgan fingerprint density at radius 1 is 1.44 bits per heavy atom. The molecule has 2 N–H and O–H groups in total. The standard InChI is InChI=1S/C13H17F2NOS/c1-9(10-2-3-11(14)12(15)6-10)16-7-13(17)4-5-18-8-13/h2-3,6,9,16-17H,4-5,7-8H2,1H3. The van der Waals surface area contributed by atoms with Crippen LogP contribution in [0.1, 0.15) is 24.9 Å². The highest BCUT2D eigenvalue weighted by molar-refractivity contribution is 7.99. The van der Waals surface area contributed by atoms with E-state index in [9.17, 15) is 13.9 Å². The van der Waals surface area contributed by atoms with Crippen molar-refractivity contribution in [3.8, 4) is 0 Å². The van der Waals surface area contributed by atoms with E-state index in [1.165, 1.54) is 6.07 Å². The molecule has 0 spiro atoms. The highest BCUT2D eigenvalue weighted by atomic mass is 32.2. The Balaban J connectivity index is 1.94. The number of hydrogen-bond acceptors (Lipinski definition) is 3. The minimum Gasteiger partial charge on any atom is -0.388 e. The van der Waals surface area contributed by atoms with E-state index in [-0.39, 0.29) is 6.04 Å². The molecule has 1 saturated heterocycles. The van der Waals surface area contributed by atoms with E-state index in [0.717, 1.165) is 24.0 Å². The molecule has 1 heterocycles. The van der Waals surface area contributed by atoms with E-state index in [1.54, 1.807) is 17.8 Å². The van der Waals surface area contributed by atoms with Crippen molar-refractivity contribution in [3.05, 3.63) is 35.4 Å². The van der Waals surface area contributed by atoms with Crippen LogP contribution in [-0.4, -0.2) is 28.8 Å². The molecule has 0 saturated carbocycles. The van der Waals surface area contributed by atoms with Crippen LogP contribution in [0.2, 0.25) is 0 Å². The molecule has 1 aromatic carbocycles. The number of halogens is 2. The van der Waals surface area contributed by atoms with Crippen molar-refractivity contribution < 1.29 is 13.9 Å². The van der Waals surface area contributed by atoms with Gasteiger partial charge in [0.1, 0.15) is 0 Å². The molecule has 1 fully saturated rings. The minimum atomic E-state index is -0.837. The molecule has 1 aliphatic rings. The van der Waals surface area contributed by atoms with Crippen molar-refractivity contribution in [3.63, 3.8) is 0 Å². The summed E-state index contributed by atoms with van der Waals surface area (Å²) in [5.74, 6) is 0.0236. The maximum absolute atomic E-state index is 13.1. The second-order valence-electron chi connectivity index (χ2n) is 4.80. The van der Waals surface area contributed by atoms with Crippen molar-refractivity contribution in [1.29, 1.82) is 0 Å². The van der Waals surface area contributed by atoms with Crippen LogP contribution in [0.5, 0.6) is 0 Å². The fourth-order valence-electron chi connectivity index (χ4n) is 1.98. The SMILES string of the molecule is CC(NCC1(O)CCSC1)c1ccc(F)c(F)c1. The van der Waals surface area contributed by atoms with Crippen LogP contribution >= 0.6 is 11.8 Å². The van der Waals surface area contributed by atoms with E-state index in [2.05, 4.69) is 5.32 Å². The number of aliphatic hydroxyl groups is 1. The molecule has 2 nitrogen and oxygen atoms in total. The quantitative estimate of drug-likeness (QED) is 0.884. The van der Waals surface area contributed by atoms with Gasteiger partial charge < -0.3 is 10.4 Å². The van der Waals surface area contributed by atoms with Crippen LogP contribution < -0.4 is 5.32 Å². The lowest BCUT2D eigenvalue weighted by Crippen LogP contribution is -2.41. The number of thioether (sulfide) groups is 1.